The van der Waals surface area contributed by atoms with Gasteiger partial charge < -0.3 is 9.88 Å². The number of carbonyl (C=O) groups excluding carboxylic acids is 1. The predicted molar refractivity (Wildman–Crippen MR) is 119 cm³/mol. The Labute approximate surface area is 190 Å². The Morgan fingerprint density at radius 3 is 2.45 bits per heavy atom. The van der Waals surface area contributed by atoms with Crippen LogP contribution < -0.4 is 5.32 Å². The van der Waals surface area contributed by atoms with E-state index in [2.05, 4.69) is 10.3 Å². The number of sulfonamides is 1. The Morgan fingerprint density at radius 2 is 1.84 bits per heavy atom. The van der Waals surface area contributed by atoms with Crippen LogP contribution in [0.2, 0.25) is 10.0 Å². The SMILES string of the molecule is Cn1cnc(S(=O)(=O)N2CC(C(NC(=O)c3ccc(Cl)c(Cl)c3)c3ccccc3)C2)c1. The van der Waals surface area contributed by atoms with Crippen molar-refractivity contribution in [2.24, 2.45) is 13.0 Å². The summed E-state index contributed by atoms with van der Waals surface area (Å²) in [5.41, 5.74) is 1.28. The summed E-state index contributed by atoms with van der Waals surface area (Å²) < 4.78 is 28.5. The van der Waals surface area contributed by atoms with Gasteiger partial charge in [-0.25, -0.2) is 13.4 Å². The standard InChI is InChI=1S/C21H20Cl2N4O3S/c1-26-12-19(24-13-26)31(29,30)27-10-16(11-27)20(14-5-3-2-4-6-14)25-21(28)15-7-8-17(22)18(23)9-15/h2-9,12-13,16,20H,10-11H2,1H3,(H,25,28). The lowest BCUT2D eigenvalue weighted by atomic mass is 9.88. The number of nitrogens with one attached hydrogen (secondary N) is 1. The van der Waals surface area contributed by atoms with Crippen LogP contribution in [0.25, 0.3) is 0 Å². The summed E-state index contributed by atoms with van der Waals surface area (Å²) in [5.74, 6) is -0.397. The number of hydrogen-bond acceptors (Lipinski definition) is 4. The second kappa shape index (κ2) is 8.63. The smallest absolute Gasteiger partial charge is 0.262 e. The first-order valence-corrected chi connectivity index (χ1v) is 11.7. The summed E-state index contributed by atoms with van der Waals surface area (Å²) >= 11 is 12.0. The van der Waals surface area contributed by atoms with Gasteiger partial charge in [-0.05, 0) is 23.8 Å². The average Bonchev–Trinajstić information content (AvgIpc) is 3.16. The van der Waals surface area contributed by atoms with Crippen molar-refractivity contribution in [1.82, 2.24) is 19.2 Å². The first-order valence-electron chi connectivity index (χ1n) is 9.54. The van der Waals surface area contributed by atoms with Crippen LogP contribution in [-0.2, 0) is 17.1 Å². The Morgan fingerprint density at radius 1 is 1.13 bits per heavy atom. The molecule has 0 spiro atoms. The number of aromatic nitrogens is 2. The quantitative estimate of drug-likeness (QED) is 0.587. The van der Waals surface area contributed by atoms with Crippen molar-refractivity contribution in [3.8, 4) is 0 Å². The van der Waals surface area contributed by atoms with E-state index in [0.29, 0.717) is 15.6 Å². The molecule has 1 unspecified atom stereocenters. The zero-order valence-corrected chi connectivity index (χ0v) is 18.9. The van der Waals surface area contributed by atoms with Gasteiger partial charge >= 0.3 is 0 Å². The van der Waals surface area contributed by atoms with Gasteiger partial charge in [-0.1, -0.05) is 53.5 Å². The predicted octanol–water partition coefficient (Wildman–Crippen LogP) is 3.52. The number of aryl methyl sites for hydroxylation is 1. The Kier molecular flexibility index (Phi) is 6.07. The molecule has 2 heterocycles. The first kappa shape index (κ1) is 21.8. The van der Waals surface area contributed by atoms with E-state index in [1.807, 2.05) is 30.3 Å². The average molecular weight is 479 g/mol. The fourth-order valence-electron chi connectivity index (χ4n) is 3.53. The molecule has 1 atom stereocenters. The molecule has 1 aromatic heterocycles. The number of carbonyl (C=O) groups is 1. The molecule has 0 aliphatic carbocycles. The topological polar surface area (TPSA) is 84.3 Å². The van der Waals surface area contributed by atoms with Gasteiger partial charge in [-0.15, -0.1) is 0 Å². The maximum atomic E-state index is 12.9. The summed E-state index contributed by atoms with van der Waals surface area (Å²) in [6.45, 7) is 0.556. The second-order valence-corrected chi connectivity index (χ2v) is 10.1. The van der Waals surface area contributed by atoms with Crippen molar-refractivity contribution in [2.75, 3.05) is 13.1 Å². The number of nitrogens with zero attached hydrogens (tertiary/aromatic N) is 3. The zero-order chi connectivity index (χ0) is 22.2. The van der Waals surface area contributed by atoms with Crippen LogP contribution in [0.1, 0.15) is 22.0 Å². The van der Waals surface area contributed by atoms with E-state index in [4.69, 9.17) is 23.2 Å². The number of hydrogen-bond donors (Lipinski definition) is 1. The molecule has 1 aliphatic rings. The van der Waals surface area contributed by atoms with Gasteiger partial charge in [0.15, 0.2) is 5.03 Å². The summed E-state index contributed by atoms with van der Waals surface area (Å²) in [6.07, 6.45) is 2.93. The molecule has 0 radical (unpaired) electrons. The highest BCUT2D eigenvalue weighted by Crippen LogP contribution is 2.34. The lowest BCUT2D eigenvalue weighted by Gasteiger charge is -2.42. The molecule has 31 heavy (non-hydrogen) atoms. The Balaban J connectivity index is 1.53. The minimum atomic E-state index is -3.66. The van der Waals surface area contributed by atoms with Gasteiger partial charge in [0.1, 0.15) is 0 Å². The lowest BCUT2D eigenvalue weighted by Crippen LogP contribution is -2.54. The molecular weight excluding hydrogens is 459 g/mol. The van der Waals surface area contributed by atoms with Gasteiger partial charge in [-0.2, -0.15) is 4.31 Å². The molecule has 10 heteroatoms. The van der Waals surface area contributed by atoms with Crippen molar-refractivity contribution in [2.45, 2.75) is 11.1 Å². The number of imidazole rings is 1. The highest BCUT2D eigenvalue weighted by Gasteiger charge is 2.42. The molecule has 0 saturated carbocycles. The Bertz CT molecular complexity index is 1210. The van der Waals surface area contributed by atoms with Crippen LogP contribution in [0, 0.1) is 5.92 Å². The van der Waals surface area contributed by atoms with E-state index < -0.39 is 10.0 Å². The number of benzene rings is 2. The second-order valence-electron chi connectivity index (χ2n) is 7.45. The fourth-order valence-corrected chi connectivity index (χ4v) is 5.34. The van der Waals surface area contributed by atoms with Crippen LogP contribution in [-0.4, -0.2) is 41.3 Å². The van der Waals surface area contributed by atoms with Gasteiger partial charge in [0.05, 0.1) is 22.4 Å². The third-order valence-corrected chi connectivity index (χ3v) is 7.72. The number of halogens is 2. The minimum absolute atomic E-state index is 0.0181. The van der Waals surface area contributed by atoms with E-state index in [9.17, 15) is 13.2 Å². The highest BCUT2D eigenvalue weighted by atomic mass is 35.5. The van der Waals surface area contributed by atoms with E-state index in [0.717, 1.165) is 5.56 Å². The highest BCUT2D eigenvalue weighted by molar-refractivity contribution is 7.89. The molecule has 1 amide bonds. The van der Waals surface area contributed by atoms with E-state index in [1.54, 1.807) is 23.7 Å². The lowest BCUT2D eigenvalue weighted by molar-refractivity contribution is 0.0871. The van der Waals surface area contributed by atoms with Crippen LogP contribution in [0.4, 0.5) is 0 Å². The van der Waals surface area contributed by atoms with Crippen molar-refractivity contribution in [1.29, 1.82) is 0 Å². The summed E-state index contributed by atoms with van der Waals surface area (Å²) in [4.78, 5) is 16.8. The molecule has 2 aromatic carbocycles. The zero-order valence-electron chi connectivity index (χ0n) is 16.6. The van der Waals surface area contributed by atoms with E-state index in [1.165, 1.54) is 22.9 Å². The molecule has 1 fully saturated rings. The normalized spacial score (nSPS) is 16.0. The van der Waals surface area contributed by atoms with Crippen LogP contribution in [0.15, 0.2) is 66.1 Å². The number of amides is 1. The Hall–Kier alpha value is -2.39. The van der Waals surface area contributed by atoms with Crippen LogP contribution in [0.5, 0.6) is 0 Å². The van der Waals surface area contributed by atoms with Gasteiger partial charge in [0.2, 0.25) is 0 Å². The number of rotatable bonds is 6. The fraction of sp³-hybridized carbons (Fsp3) is 0.238. The van der Waals surface area contributed by atoms with E-state index >= 15 is 0 Å². The largest absolute Gasteiger partial charge is 0.345 e. The summed E-state index contributed by atoms with van der Waals surface area (Å²) in [6, 6.07) is 13.8. The first-order chi connectivity index (χ1) is 14.8. The van der Waals surface area contributed by atoms with Crippen molar-refractivity contribution in [3.63, 3.8) is 0 Å². The molecule has 7 nitrogen and oxygen atoms in total. The third kappa shape index (κ3) is 4.48. The molecule has 4 rings (SSSR count). The van der Waals surface area contributed by atoms with Crippen LogP contribution in [0.3, 0.4) is 0 Å². The summed E-state index contributed by atoms with van der Waals surface area (Å²) in [5, 5.41) is 3.71. The van der Waals surface area contributed by atoms with Crippen molar-refractivity contribution < 1.29 is 13.2 Å². The maximum absolute atomic E-state index is 12.9. The molecule has 3 aromatic rings. The van der Waals surface area contributed by atoms with E-state index in [-0.39, 0.29) is 36.0 Å². The molecule has 1 aliphatic heterocycles. The maximum Gasteiger partial charge on any atom is 0.262 e. The summed E-state index contributed by atoms with van der Waals surface area (Å²) in [7, 11) is -1.95. The van der Waals surface area contributed by atoms with Crippen molar-refractivity contribution in [3.05, 3.63) is 82.2 Å². The molecule has 0 bridgehead atoms. The van der Waals surface area contributed by atoms with Gasteiger partial charge in [0, 0.05) is 37.8 Å². The third-order valence-electron chi connectivity index (χ3n) is 5.26. The van der Waals surface area contributed by atoms with Gasteiger partial charge in [0.25, 0.3) is 15.9 Å². The van der Waals surface area contributed by atoms with Crippen molar-refractivity contribution >= 4 is 39.1 Å². The monoisotopic (exact) mass is 478 g/mol. The molecule has 1 N–H and O–H groups in total. The molecule has 1 saturated heterocycles. The van der Waals surface area contributed by atoms with Crippen LogP contribution >= 0.6 is 23.2 Å². The minimum Gasteiger partial charge on any atom is -0.345 e. The molecular formula is C21H20Cl2N4O3S. The van der Waals surface area contributed by atoms with Gasteiger partial charge in [-0.3, -0.25) is 4.79 Å². The molecule has 162 valence electrons.